The van der Waals surface area contributed by atoms with Crippen molar-refractivity contribution in [2.24, 2.45) is 0 Å². The van der Waals surface area contributed by atoms with Gasteiger partial charge in [0.25, 0.3) is 5.78 Å². The average molecular weight is 459 g/mol. The van der Waals surface area contributed by atoms with Crippen molar-refractivity contribution in [1.29, 1.82) is 0 Å². The van der Waals surface area contributed by atoms with Gasteiger partial charge in [-0.2, -0.15) is 4.31 Å². The molecule has 32 heavy (non-hydrogen) atoms. The molecule has 1 fully saturated rings. The Bertz CT molecular complexity index is 1190. The van der Waals surface area contributed by atoms with Gasteiger partial charge < -0.3 is 10.5 Å². The molecule has 1 aliphatic rings. The van der Waals surface area contributed by atoms with E-state index in [0.29, 0.717) is 18.8 Å². The molecule has 4 rings (SSSR count). The van der Waals surface area contributed by atoms with Gasteiger partial charge in [-0.15, -0.1) is 5.01 Å². The summed E-state index contributed by atoms with van der Waals surface area (Å²) in [6.07, 6.45) is 0. The number of hydrogen-bond donors (Lipinski definition) is 1. The highest BCUT2D eigenvalue weighted by atomic mass is 32.2. The lowest BCUT2D eigenvalue weighted by Crippen LogP contribution is -2.68. The van der Waals surface area contributed by atoms with Gasteiger partial charge in [0.1, 0.15) is 5.75 Å². The van der Waals surface area contributed by atoms with Crippen LogP contribution in [0.4, 0.5) is 5.88 Å². The van der Waals surface area contributed by atoms with Crippen molar-refractivity contribution >= 4 is 21.7 Å². The number of sulfonamides is 1. The van der Waals surface area contributed by atoms with Crippen LogP contribution in [0.1, 0.15) is 16.1 Å². The second kappa shape index (κ2) is 8.97. The molecule has 1 aromatic heterocycles. The van der Waals surface area contributed by atoms with Gasteiger partial charge in [-0.25, -0.2) is 8.42 Å². The number of aromatic nitrogens is 2. The first-order chi connectivity index (χ1) is 15.4. The lowest BCUT2D eigenvalue weighted by atomic mass is 10.2. The number of nitrogen functional groups attached to an aromatic ring is 1. The summed E-state index contributed by atoms with van der Waals surface area (Å²) in [6.45, 7) is 2.73. The smallest absolute Gasteiger partial charge is 0.377 e. The topological polar surface area (TPSA) is 123 Å². The van der Waals surface area contributed by atoms with Gasteiger partial charge >= 0.3 is 11.6 Å². The van der Waals surface area contributed by atoms with E-state index in [9.17, 15) is 13.2 Å². The summed E-state index contributed by atoms with van der Waals surface area (Å²) in [7, 11) is -3.60. The molecule has 1 aliphatic heterocycles. The highest BCUT2D eigenvalue weighted by Gasteiger charge is 2.38. The summed E-state index contributed by atoms with van der Waals surface area (Å²) >= 11 is 0. The number of carbonyl (C=O) groups is 1. The van der Waals surface area contributed by atoms with Gasteiger partial charge in [0.15, 0.2) is 6.61 Å². The average Bonchev–Trinajstić information content (AvgIpc) is 3.20. The SMILES string of the molecule is Cc1ccc(S(=O)(=O)N2CCN([n+]3noc(N)c3C(=O)COc3ccccc3)CC2)cc1. The lowest BCUT2D eigenvalue weighted by molar-refractivity contribution is -0.760. The number of para-hydroxylation sites is 1. The fourth-order valence-electron chi connectivity index (χ4n) is 3.41. The van der Waals surface area contributed by atoms with Crippen LogP contribution in [-0.4, -0.2) is 56.6 Å². The van der Waals surface area contributed by atoms with Crippen LogP contribution in [-0.2, 0) is 10.0 Å². The summed E-state index contributed by atoms with van der Waals surface area (Å²) in [5.41, 5.74) is 6.90. The summed E-state index contributed by atoms with van der Waals surface area (Å²) in [6, 6.07) is 15.7. The van der Waals surface area contributed by atoms with Gasteiger partial charge in [-0.05, 0) is 31.2 Å². The number of ether oxygens (including phenoxy) is 1. The number of piperazine rings is 1. The molecule has 0 aliphatic carbocycles. The van der Waals surface area contributed by atoms with E-state index in [1.165, 1.54) is 9.10 Å². The van der Waals surface area contributed by atoms with Crippen molar-refractivity contribution in [1.82, 2.24) is 9.58 Å². The highest BCUT2D eigenvalue weighted by molar-refractivity contribution is 7.89. The van der Waals surface area contributed by atoms with Crippen LogP contribution in [0.5, 0.6) is 5.75 Å². The predicted molar refractivity (Wildman–Crippen MR) is 115 cm³/mol. The van der Waals surface area contributed by atoms with Crippen LogP contribution in [0.15, 0.2) is 64.0 Å². The second-order valence-corrected chi connectivity index (χ2v) is 9.31. The van der Waals surface area contributed by atoms with Crippen molar-refractivity contribution in [2.45, 2.75) is 11.8 Å². The van der Waals surface area contributed by atoms with Crippen molar-refractivity contribution in [2.75, 3.05) is 43.5 Å². The Morgan fingerprint density at radius 3 is 2.41 bits per heavy atom. The van der Waals surface area contributed by atoms with E-state index in [4.69, 9.17) is 15.0 Å². The monoisotopic (exact) mass is 458 g/mol. The van der Waals surface area contributed by atoms with Gasteiger partial charge in [-0.1, -0.05) is 35.9 Å². The van der Waals surface area contributed by atoms with Crippen LogP contribution in [0.2, 0.25) is 0 Å². The summed E-state index contributed by atoms with van der Waals surface area (Å²) in [5.74, 6) is 0.0287. The molecule has 2 aromatic carbocycles. The largest absolute Gasteiger partial charge is 0.485 e. The quantitative estimate of drug-likeness (QED) is 0.407. The maximum Gasteiger partial charge on any atom is 0.377 e. The molecule has 0 atom stereocenters. The molecule has 3 aromatic rings. The van der Waals surface area contributed by atoms with Crippen molar-refractivity contribution in [3.05, 3.63) is 65.9 Å². The zero-order chi connectivity index (χ0) is 22.7. The minimum absolute atomic E-state index is 0.0655. The molecule has 0 unspecified atom stereocenters. The summed E-state index contributed by atoms with van der Waals surface area (Å²) < 4.78 is 37.8. The zero-order valence-electron chi connectivity index (χ0n) is 17.5. The third kappa shape index (κ3) is 4.43. The summed E-state index contributed by atoms with van der Waals surface area (Å²) in [5, 5.41) is 5.59. The highest BCUT2D eigenvalue weighted by Crippen LogP contribution is 2.18. The first kappa shape index (κ1) is 21.8. The minimum Gasteiger partial charge on any atom is -0.485 e. The van der Waals surface area contributed by atoms with Crippen molar-refractivity contribution in [3.8, 4) is 5.75 Å². The number of hydrogen-bond acceptors (Lipinski definition) is 8. The van der Waals surface area contributed by atoms with Gasteiger partial charge in [0, 0.05) is 13.1 Å². The number of carbonyl (C=O) groups excluding carboxylic acids is 1. The van der Waals surface area contributed by atoms with E-state index < -0.39 is 15.8 Å². The molecule has 0 radical (unpaired) electrons. The van der Waals surface area contributed by atoms with Crippen molar-refractivity contribution in [3.63, 3.8) is 0 Å². The third-order valence-corrected chi connectivity index (χ3v) is 7.08. The van der Waals surface area contributed by atoms with Gasteiger partial charge in [-0.3, -0.25) is 9.32 Å². The van der Waals surface area contributed by atoms with Gasteiger partial charge in [0.05, 0.1) is 22.8 Å². The van der Waals surface area contributed by atoms with E-state index in [1.54, 1.807) is 53.5 Å². The van der Waals surface area contributed by atoms with E-state index in [0.717, 1.165) is 5.56 Å². The number of nitrogens with zero attached hydrogens (tertiary/aromatic N) is 4. The van der Waals surface area contributed by atoms with E-state index in [-0.39, 0.29) is 36.2 Å². The Kier molecular flexibility index (Phi) is 6.10. The number of rotatable bonds is 7. The number of Topliss-reactive ketones (excluding diaryl/α,β-unsaturated/α-hetero) is 1. The van der Waals surface area contributed by atoms with Gasteiger partial charge in [0.2, 0.25) is 15.3 Å². The standard InChI is InChI=1S/C21H23N5O5S/c1-16-7-9-18(10-8-16)32(28,29)25-13-11-24(12-14-25)26-20(21(22)31-23-26)19(27)15-30-17-5-3-2-4-6-17/h2-10H,11-15H2,1H3,(H-,22,23,27)/p+1. The molecule has 0 spiro atoms. The minimum atomic E-state index is -3.60. The number of aryl methyl sites for hydroxylation is 1. The van der Waals surface area contributed by atoms with E-state index in [1.807, 2.05) is 13.0 Å². The van der Waals surface area contributed by atoms with E-state index in [2.05, 4.69) is 5.27 Å². The Hall–Kier alpha value is -3.44. The molecule has 2 heterocycles. The molecule has 10 nitrogen and oxygen atoms in total. The maximum atomic E-state index is 12.9. The van der Waals surface area contributed by atoms with Crippen LogP contribution < -0.4 is 20.3 Å². The summed E-state index contributed by atoms with van der Waals surface area (Å²) in [4.78, 5) is 14.3. The normalized spacial score (nSPS) is 15.0. The second-order valence-electron chi connectivity index (χ2n) is 7.37. The number of anilines is 1. The van der Waals surface area contributed by atoms with Crippen LogP contribution in [0, 0.1) is 6.92 Å². The molecule has 1 saturated heterocycles. The zero-order valence-corrected chi connectivity index (χ0v) is 18.4. The Morgan fingerprint density at radius 2 is 1.75 bits per heavy atom. The number of benzene rings is 2. The molecular weight excluding hydrogens is 434 g/mol. The predicted octanol–water partition coefficient (Wildman–Crippen LogP) is 0.757. The van der Waals surface area contributed by atoms with Crippen LogP contribution in [0.25, 0.3) is 0 Å². The Balaban J connectivity index is 1.44. The lowest BCUT2D eigenvalue weighted by Gasteiger charge is -2.29. The molecule has 2 N–H and O–H groups in total. The van der Waals surface area contributed by atoms with Crippen molar-refractivity contribution < 1.29 is 27.3 Å². The Labute approximate surface area is 185 Å². The van der Waals surface area contributed by atoms with Crippen LogP contribution in [0.3, 0.4) is 0 Å². The molecule has 0 saturated carbocycles. The Morgan fingerprint density at radius 1 is 1.09 bits per heavy atom. The fourth-order valence-corrected chi connectivity index (χ4v) is 4.83. The molecule has 168 valence electrons. The van der Waals surface area contributed by atoms with Crippen LogP contribution >= 0.6 is 0 Å². The first-order valence-electron chi connectivity index (χ1n) is 10.1. The first-order valence-corrected chi connectivity index (χ1v) is 11.5. The fraction of sp³-hybridized carbons (Fsp3) is 0.286. The third-order valence-electron chi connectivity index (χ3n) is 5.17. The number of ketones is 1. The van der Waals surface area contributed by atoms with E-state index >= 15 is 0 Å². The molecule has 0 amide bonds. The molecule has 0 bridgehead atoms. The molecular formula is C21H24N5O5S+. The molecule has 11 heteroatoms. The number of nitrogens with two attached hydrogens (primary N) is 1. The maximum absolute atomic E-state index is 12.9.